The van der Waals surface area contributed by atoms with Crippen molar-refractivity contribution >= 4 is 11.9 Å². The first-order valence-electron chi connectivity index (χ1n) is 5.26. The molecule has 6 heteroatoms. The Morgan fingerprint density at radius 1 is 1.28 bits per heavy atom. The lowest BCUT2D eigenvalue weighted by molar-refractivity contribution is -0.0590. The van der Waals surface area contributed by atoms with E-state index in [9.17, 15) is 14.7 Å². The van der Waals surface area contributed by atoms with Crippen molar-refractivity contribution in [1.29, 1.82) is 0 Å². The summed E-state index contributed by atoms with van der Waals surface area (Å²) in [6, 6.07) is 3.81. The fourth-order valence-corrected chi connectivity index (χ4v) is 1.21. The predicted octanol–water partition coefficient (Wildman–Crippen LogP) is 1.55. The Morgan fingerprint density at radius 3 is 2.39 bits per heavy atom. The maximum absolute atomic E-state index is 11.8. The first-order chi connectivity index (χ1) is 8.22. The summed E-state index contributed by atoms with van der Waals surface area (Å²) in [6.45, 7) is 5.16. The first kappa shape index (κ1) is 14.0. The van der Waals surface area contributed by atoms with Crippen LogP contribution in [0.1, 0.15) is 41.5 Å². The molecule has 6 nitrogen and oxygen atoms in total. The van der Waals surface area contributed by atoms with Crippen molar-refractivity contribution in [2.24, 2.45) is 0 Å². The van der Waals surface area contributed by atoms with E-state index in [0.717, 1.165) is 0 Å². The Balaban J connectivity index is 3.02. The van der Waals surface area contributed by atoms with E-state index in [2.05, 4.69) is 5.48 Å². The number of hydroxylamine groups is 1. The topological polar surface area (TPSA) is 95.9 Å². The van der Waals surface area contributed by atoms with Gasteiger partial charge in [-0.1, -0.05) is 6.07 Å². The maximum atomic E-state index is 11.8. The highest BCUT2D eigenvalue weighted by Crippen LogP contribution is 2.21. The van der Waals surface area contributed by atoms with Gasteiger partial charge >= 0.3 is 5.97 Å². The van der Waals surface area contributed by atoms with Gasteiger partial charge in [-0.05, 0) is 32.9 Å². The summed E-state index contributed by atoms with van der Waals surface area (Å²) in [5.74, 6) is -2.52. The highest BCUT2D eigenvalue weighted by atomic mass is 16.7. The molecule has 0 atom stereocenters. The van der Waals surface area contributed by atoms with Crippen molar-refractivity contribution in [3.05, 3.63) is 29.3 Å². The fourth-order valence-electron chi connectivity index (χ4n) is 1.21. The molecule has 0 saturated heterocycles. The minimum absolute atomic E-state index is 0.287. The third kappa shape index (κ3) is 3.46. The number of phenols is 1. The van der Waals surface area contributed by atoms with Crippen LogP contribution in [0, 0.1) is 0 Å². The van der Waals surface area contributed by atoms with E-state index < -0.39 is 23.2 Å². The zero-order valence-electron chi connectivity index (χ0n) is 10.4. The van der Waals surface area contributed by atoms with Gasteiger partial charge in [-0.25, -0.2) is 10.3 Å². The Labute approximate surface area is 104 Å². The number of aromatic carboxylic acids is 1. The number of carbonyl (C=O) groups is 2. The second-order valence-electron chi connectivity index (χ2n) is 4.65. The molecule has 0 heterocycles. The third-order valence-corrected chi connectivity index (χ3v) is 1.95. The summed E-state index contributed by atoms with van der Waals surface area (Å²) >= 11 is 0. The number of carboxylic acid groups (broad SMARTS) is 1. The highest BCUT2D eigenvalue weighted by molar-refractivity contribution is 6.06. The van der Waals surface area contributed by atoms with Gasteiger partial charge in [-0.15, -0.1) is 0 Å². The second kappa shape index (κ2) is 5.05. The highest BCUT2D eigenvalue weighted by Gasteiger charge is 2.22. The van der Waals surface area contributed by atoms with Gasteiger partial charge in [0.1, 0.15) is 5.75 Å². The molecular formula is C12H15NO5. The molecule has 0 bridgehead atoms. The molecule has 0 unspecified atom stereocenters. The Hall–Kier alpha value is -2.08. The largest absolute Gasteiger partial charge is 0.507 e. The number of aromatic hydroxyl groups is 1. The van der Waals surface area contributed by atoms with E-state index in [0.29, 0.717) is 0 Å². The van der Waals surface area contributed by atoms with Gasteiger partial charge in [0.25, 0.3) is 5.91 Å². The Bertz CT molecular complexity index is 476. The SMILES string of the molecule is CC(C)(C)ONC(=O)c1c(O)cccc1C(=O)O. The average Bonchev–Trinajstić information content (AvgIpc) is 2.24. The number of amides is 1. The normalized spacial score (nSPS) is 11.1. The van der Waals surface area contributed by atoms with Crippen LogP contribution in [0.4, 0.5) is 0 Å². The third-order valence-electron chi connectivity index (χ3n) is 1.95. The number of hydrogen-bond acceptors (Lipinski definition) is 4. The average molecular weight is 253 g/mol. The number of carbonyl (C=O) groups excluding carboxylic acids is 1. The van der Waals surface area contributed by atoms with E-state index in [-0.39, 0.29) is 11.1 Å². The lowest BCUT2D eigenvalue weighted by atomic mass is 10.1. The monoisotopic (exact) mass is 253 g/mol. The van der Waals surface area contributed by atoms with Crippen LogP contribution >= 0.6 is 0 Å². The minimum Gasteiger partial charge on any atom is -0.507 e. The Morgan fingerprint density at radius 2 is 1.89 bits per heavy atom. The van der Waals surface area contributed by atoms with Crippen molar-refractivity contribution in [2.75, 3.05) is 0 Å². The molecular weight excluding hydrogens is 238 g/mol. The summed E-state index contributed by atoms with van der Waals surface area (Å²) in [4.78, 5) is 27.8. The minimum atomic E-state index is -1.30. The fraction of sp³-hybridized carbons (Fsp3) is 0.333. The molecule has 0 spiro atoms. The molecule has 0 aliphatic heterocycles. The summed E-state index contributed by atoms with van der Waals surface area (Å²) in [7, 11) is 0. The molecule has 0 saturated carbocycles. The number of hydrogen-bond donors (Lipinski definition) is 3. The molecule has 0 fully saturated rings. The van der Waals surface area contributed by atoms with Crippen LogP contribution in [-0.2, 0) is 4.84 Å². The van der Waals surface area contributed by atoms with Crippen LogP contribution in [-0.4, -0.2) is 27.7 Å². The molecule has 98 valence electrons. The zero-order valence-corrected chi connectivity index (χ0v) is 10.4. The number of benzene rings is 1. The molecule has 0 aromatic heterocycles. The molecule has 1 amide bonds. The smallest absolute Gasteiger partial charge is 0.336 e. The van der Waals surface area contributed by atoms with Crippen LogP contribution in [0.25, 0.3) is 0 Å². The molecule has 18 heavy (non-hydrogen) atoms. The van der Waals surface area contributed by atoms with Gasteiger partial charge in [-0.3, -0.25) is 9.63 Å². The molecule has 0 radical (unpaired) electrons. The van der Waals surface area contributed by atoms with Gasteiger partial charge in [0.2, 0.25) is 0 Å². The standard InChI is InChI=1S/C12H15NO5/c1-12(2,3)18-13-10(15)9-7(11(16)17)5-4-6-8(9)14/h4-6,14H,1-3H3,(H,13,15)(H,16,17). The van der Waals surface area contributed by atoms with E-state index in [1.54, 1.807) is 20.8 Å². The van der Waals surface area contributed by atoms with Crippen LogP contribution in [0.5, 0.6) is 5.75 Å². The van der Waals surface area contributed by atoms with Gasteiger partial charge in [0, 0.05) is 0 Å². The van der Waals surface area contributed by atoms with Gasteiger partial charge in [-0.2, -0.15) is 0 Å². The predicted molar refractivity (Wildman–Crippen MR) is 63.4 cm³/mol. The number of phenolic OH excluding ortho intramolecular Hbond substituents is 1. The molecule has 0 aliphatic rings. The summed E-state index contributed by atoms with van der Waals surface area (Å²) < 4.78 is 0. The number of nitrogens with one attached hydrogen (secondary N) is 1. The first-order valence-corrected chi connectivity index (χ1v) is 5.26. The van der Waals surface area contributed by atoms with Gasteiger partial charge in [0.15, 0.2) is 0 Å². The quantitative estimate of drug-likeness (QED) is 0.710. The van der Waals surface area contributed by atoms with Crippen molar-refractivity contribution in [1.82, 2.24) is 5.48 Å². The van der Waals surface area contributed by atoms with Crippen LogP contribution in [0.15, 0.2) is 18.2 Å². The van der Waals surface area contributed by atoms with Crippen LogP contribution in [0.2, 0.25) is 0 Å². The summed E-state index contributed by atoms with van der Waals surface area (Å²) in [5, 5.41) is 18.5. The Kier molecular flexibility index (Phi) is 3.93. The van der Waals surface area contributed by atoms with Gasteiger partial charge < -0.3 is 10.2 Å². The summed E-state index contributed by atoms with van der Waals surface area (Å²) in [6.07, 6.45) is 0. The second-order valence-corrected chi connectivity index (χ2v) is 4.65. The summed E-state index contributed by atoms with van der Waals surface area (Å²) in [5.41, 5.74) is 0.879. The maximum Gasteiger partial charge on any atom is 0.336 e. The van der Waals surface area contributed by atoms with Crippen molar-refractivity contribution in [3.63, 3.8) is 0 Å². The number of carboxylic acids is 1. The number of rotatable bonds is 3. The van der Waals surface area contributed by atoms with Crippen molar-refractivity contribution in [2.45, 2.75) is 26.4 Å². The van der Waals surface area contributed by atoms with Crippen LogP contribution < -0.4 is 5.48 Å². The molecule has 1 aromatic rings. The van der Waals surface area contributed by atoms with Crippen molar-refractivity contribution in [3.8, 4) is 5.75 Å². The molecule has 1 rings (SSSR count). The van der Waals surface area contributed by atoms with E-state index >= 15 is 0 Å². The van der Waals surface area contributed by atoms with Crippen LogP contribution in [0.3, 0.4) is 0 Å². The molecule has 3 N–H and O–H groups in total. The van der Waals surface area contributed by atoms with Gasteiger partial charge in [0.05, 0.1) is 16.7 Å². The lowest BCUT2D eigenvalue weighted by Crippen LogP contribution is -2.34. The van der Waals surface area contributed by atoms with E-state index in [1.165, 1.54) is 18.2 Å². The lowest BCUT2D eigenvalue weighted by Gasteiger charge is -2.19. The molecule has 1 aromatic carbocycles. The van der Waals surface area contributed by atoms with E-state index in [4.69, 9.17) is 9.94 Å². The zero-order chi connectivity index (χ0) is 13.9. The molecule has 0 aliphatic carbocycles. The van der Waals surface area contributed by atoms with E-state index in [1.807, 2.05) is 0 Å². The van der Waals surface area contributed by atoms with Crippen molar-refractivity contribution < 1.29 is 24.6 Å².